The van der Waals surface area contributed by atoms with E-state index in [0.29, 0.717) is 17.2 Å². The fraction of sp³-hybridized carbons (Fsp3) is 0.0909. The van der Waals surface area contributed by atoms with E-state index < -0.39 is 12.1 Å². The van der Waals surface area contributed by atoms with Crippen molar-refractivity contribution in [2.75, 3.05) is 0 Å². The van der Waals surface area contributed by atoms with Crippen LogP contribution in [0.25, 0.3) is 10.9 Å². The van der Waals surface area contributed by atoms with E-state index in [9.17, 15) is 13.6 Å². The van der Waals surface area contributed by atoms with Gasteiger partial charge in [0.2, 0.25) is 0 Å². The summed E-state index contributed by atoms with van der Waals surface area (Å²) in [6.45, 7) is 0. The molecule has 2 aromatic rings. The number of carbonyl (C=O) groups excluding carboxylic acids is 1. The van der Waals surface area contributed by atoms with Crippen LogP contribution in [0.4, 0.5) is 8.78 Å². The molecule has 15 heavy (non-hydrogen) atoms. The maximum atomic E-state index is 12.5. The summed E-state index contributed by atoms with van der Waals surface area (Å²) in [6.07, 6.45) is -2.32. The predicted molar refractivity (Wildman–Crippen MR) is 52.1 cm³/mol. The van der Waals surface area contributed by atoms with Crippen LogP contribution >= 0.6 is 0 Å². The monoisotopic (exact) mass is 207 g/mol. The van der Waals surface area contributed by atoms with Crippen molar-refractivity contribution >= 4 is 17.2 Å². The molecule has 2 nitrogen and oxygen atoms in total. The molecular formula is C11H7F2NO. The van der Waals surface area contributed by atoms with Gasteiger partial charge < -0.3 is 0 Å². The van der Waals surface area contributed by atoms with E-state index in [1.165, 1.54) is 6.07 Å². The Hall–Kier alpha value is -1.84. The van der Waals surface area contributed by atoms with Gasteiger partial charge in [-0.1, -0.05) is 18.2 Å². The first kappa shape index (κ1) is 9.71. The molecule has 0 saturated heterocycles. The molecule has 0 aliphatic rings. The summed E-state index contributed by atoms with van der Waals surface area (Å²) in [5.74, 6) is 0. The minimum Gasteiger partial charge on any atom is -0.298 e. The highest BCUT2D eigenvalue weighted by Gasteiger charge is 2.15. The molecule has 2 rings (SSSR count). The van der Waals surface area contributed by atoms with Crippen molar-refractivity contribution in [3.63, 3.8) is 0 Å². The Morgan fingerprint density at radius 1 is 1.27 bits per heavy atom. The molecule has 1 heterocycles. The summed E-state index contributed by atoms with van der Waals surface area (Å²) in [4.78, 5) is 14.4. The second kappa shape index (κ2) is 3.73. The quantitative estimate of drug-likeness (QED) is 0.708. The average molecular weight is 207 g/mol. The second-order valence-corrected chi connectivity index (χ2v) is 3.07. The van der Waals surface area contributed by atoms with Crippen LogP contribution in [-0.2, 0) is 0 Å². The normalized spacial score (nSPS) is 10.9. The molecular weight excluding hydrogens is 200 g/mol. The molecule has 0 fully saturated rings. The number of hydrogen-bond acceptors (Lipinski definition) is 2. The number of fused-ring (bicyclic) bond motifs is 1. The lowest BCUT2D eigenvalue weighted by Crippen LogP contribution is -1.97. The van der Waals surface area contributed by atoms with E-state index in [-0.39, 0.29) is 5.56 Å². The molecule has 1 aromatic carbocycles. The van der Waals surface area contributed by atoms with Gasteiger partial charge in [0, 0.05) is 10.9 Å². The van der Waals surface area contributed by atoms with Crippen LogP contribution in [0.3, 0.4) is 0 Å². The maximum Gasteiger partial charge on any atom is 0.281 e. The first-order valence-electron chi connectivity index (χ1n) is 4.35. The Morgan fingerprint density at radius 2 is 2.00 bits per heavy atom. The minimum atomic E-state index is -2.73. The average Bonchev–Trinajstić information content (AvgIpc) is 2.27. The summed E-state index contributed by atoms with van der Waals surface area (Å²) in [5, 5.41) is 0.684. The summed E-state index contributed by atoms with van der Waals surface area (Å²) in [7, 11) is 0. The molecule has 0 N–H and O–H groups in total. The maximum absolute atomic E-state index is 12.5. The molecule has 0 bridgehead atoms. The fourth-order valence-corrected chi connectivity index (χ4v) is 1.42. The van der Waals surface area contributed by atoms with Gasteiger partial charge in [0.25, 0.3) is 6.43 Å². The van der Waals surface area contributed by atoms with E-state index in [1.54, 1.807) is 24.3 Å². The molecule has 0 unspecified atom stereocenters. The first-order chi connectivity index (χ1) is 7.22. The number of aldehydes is 1. The smallest absolute Gasteiger partial charge is 0.281 e. The van der Waals surface area contributed by atoms with Crippen molar-refractivity contribution in [2.45, 2.75) is 6.43 Å². The highest BCUT2D eigenvalue weighted by molar-refractivity contribution is 5.87. The van der Waals surface area contributed by atoms with Gasteiger partial charge in [-0.2, -0.15) is 0 Å². The predicted octanol–water partition coefficient (Wildman–Crippen LogP) is 2.98. The van der Waals surface area contributed by atoms with Gasteiger partial charge in [0.15, 0.2) is 6.29 Å². The van der Waals surface area contributed by atoms with Crippen LogP contribution in [0.2, 0.25) is 0 Å². The third-order valence-electron chi connectivity index (χ3n) is 2.12. The van der Waals surface area contributed by atoms with Crippen LogP contribution in [0, 0.1) is 0 Å². The Bertz CT molecular complexity index is 511. The van der Waals surface area contributed by atoms with Gasteiger partial charge in [-0.05, 0) is 12.1 Å². The summed E-state index contributed by atoms with van der Waals surface area (Å²) in [5.41, 5.74) is -0.0363. The summed E-state index contributed by atoms with van der Waals surface area (Å²) in [6, 6.07) is 8.27. The Morgan fingerprint density at radius 3 is 2.67 bits per heavy atom. The van der Waals surface area contributed by atoms with Gasteiger partial charge in [0.05, 0.1) is 5.52 Å². The number of benzene rings is 1. The Balaban J connectivity index is 2.74. The number of aromatic nitrogens is 1. The number of halogens is 2. The zero-order valence-electron chi connectivity index (χ0n) is 7.65. The Kier molecular flexibility index (Phi) is 2.41. The van der Waals surface area contributed by atoms with Crippen LogP contribution in [0.15, 0.2) is 30.3 Å². The SMILES string of the molecule is O=Cc1cc2ccccc2nc1C(F)F. The van der Waals surface area contributed by atoms with Gasteiger partial charge in [-0.25, -0.2) is 13.8 Å². The van der Waals surface area contributed by atoms with Crippen molar-refractivity contribution in [3.05, 3.63) is 41.6 Å². The molecule has 76 valence electrons. The number of nitrogens with zero attached hydrogens (tertiary/aromatic N) is 1. The molecule has 0 amide bonds. The summed E-state index contributed by atoms with van der Waals surface area (Å²) < 4.78 is 25.0. The third-order valence-corrected chi connectivity index (χ3v) is 2.12. The molecule has 1 aromatic heterocycles. The lowest BCUT2D eigenvalue weighted by Gasteiger charge is -2.04. The van der Waals surface area contributed by atoms with E-state index in [1.807, 2.05) is 0 Å². The molecule has 0 atom stereocenters. The van der Waals surface area contributed by atoms with Crippen molar-refractivity contribution in [2.24, 2.45) is 0 Å². The lowest BCUT2D eigenvalue weighted by molar-refractivity contribution is 0.110. The number of alkyl halides is 2. The van der Waals surface area contributed by atoms with Crippen LogP contribution in [0.1, 0.15) is 22.5 Å². The zero-order valence-corrected chi connectivity index (χ0v) is 7.65. The van der Waals surface area contributed by atoms with Crippen molar-refractivity contribution in [1.82, 2.24) is 4.98 Å². The third kappa shape index (κ3) is 1.70. The molecule has 0 saturated carbocycles. The zero-order chi connectivity index (χ0) is 10.8. The van der Waals surface area contributed by atoms with E-state index in [4.69, 9.17) is 0 Å². The van der Waals surface area contributed by atoms with Crippen molar-refractivity contribution < 1.29 is 13.6 Å². The number of pyridine rings is 1. The molecule has 0 radical (unpaired) electrons. The van der Waals surface area contributed by atoms with Gasteiger partial charge in [0.1, 0.15) is 5.69 Å². The standard InChI is InChI=1S/C11H7F2NO/c12-11(13)10-8(6-15)5-7-3-1-2-4-9(7)14-10/h1-6,11H. The van der Waals surface area contributed by atoms with Crippen molar-refractivity contribution in [3.8, 4) is 0 Å². The van der Waals surface area contributed by atoms with Crippen LogP contribution < -0.4 is 0 Å². The minimum absolute atomic E-state index is 0.0521. The summed E-state index contributed by atoms with van der Waals surface area (Å²) >= 11 is 0. The Labute approximate surface area is 84.6 Å². The van der Waals surface area contributed by atoms with Crippen LogP contribution in [0.5, 0.6) is 0 Å². The number of rotatable bonds is 2. The van der Waals surface area contributed by atoms with E-state index in [0.717, 1.165) is 0 Å². The molecule has 4 heteroatoms. The molecule has 0 aliphatic carbocycles. The van der Waals surface area contributed by atoms with E-state index in [2.05, 4.69) is 4.98 Å². The largest absolute Gasteiger partial charge is 0.298 e. The first-order valence-corrected chi connectivity index (χ1v) is 4.35. The van der Waals surface area contributed by atoms with Crippen LogP contribution in [-0.4, -0.2) is 11.3 Å². The van der Waals surface area contributed by atoms with Gasteiger partial charge in [-0.3, -0.25) is 4.79 Å². The topological polar surface area (TPSA) is 30.0 Å². The number of hydrogen-bond donors (Lipinski definition) is 0. The van der Waals surface area contributed by atoms with Gasteiger partial charge >= 0.3 is 0 Å². The number of carbonyl (C=O) groups is 1. The molecule has 0 aliphatic heterocycles. The number of para-hydroxylation sites is 1. The van der Waals surface area contributed by atoms with Gasteiger partial charge in [-0.15, -0.1) is 0 Å². The lowest BCUT2D eigenvalue weighted by atomic mass is 10.1. The van der Waals surface area contributed by atoms with Crippen molar-refractivity contribution in [1.29, 1.82) is 0 Å². The highest BCUT2D eigenvalue weighted by atomic mass is 19.3. The fourth-order valence-electron chi connectivity index (χ4n) is 1.42. The highest BCUT2D eigenvalue weighted by Crippen LogP contribution is 2.23. The molecule has 0 spiro atoms. The second-order valence-electron chi connectivity index (χ2n) is 3.07. The van der Waals surface area contributed by atoms with E-state index >= 15 is 0 Å².